The summed E-state index contributed by atoms with van der Waals surface area (Å²) in [6.07, 6.45) is -4.29. The molecule has 2 N–H and O–H groups in total. The monoisotopic (exact) mass is 257 g/mol. The van der Waals surface area contributed by atoms with E-state index in [-0.39, 0.29) is 18.0 Å². The summed E-state index contributed by atoms with van der Waals surface area (Å²) in [5.41, 5.74) is 4.15. The van der Waals surface area contributed by atoms with Gasteiger partial charge in [0.15, 0.2) is 0 Å². The molecule has 16 heavy (non-hydrogen) atoms. The Morgan fingerprint density at radius 3 is 2.31 bits per heavy atom. The molecule has 1 aromatic rings. The molecule has 92 valence electrons. The second-order valence-electron chi connectivity index (χ2n) is 3.22. The lowest BCUT2D eigenvalue weighted by molar-refractivity contribution is -0.140. The van der Waals surface area contributed by atoms with Crippen molar-refractivity contribution in [3.63, 3.8) is 0 Å². The van der Waals surface area contributed by atoms with Crippen molar-refractivity contribution >= 4 is 12.4 Å². The summed E-state index contributed by atoms with van der Waals surface area (Å²) in [6.45, 7) is 1.68. The van der Waals surface area contributed by atoms with Gasteiger partial charge in [-0.25, -0.2) is 4.39 Å². The first kappa shape index (κ1) is 15.2. The second-order valence-corrected chi connectivity index (χ2v) is 3.22. The van der Waals surface area contributed by atoms with Crippen LogP contribution in [-0.4, -0.2) is 0 Å². The van der Waals surface area contributed by atoms with Gasteiger partial charge in [0.05, 0.1) is 5.56 Å². The van der Waals surface area contributed by atoms with E-state index in [1.807, 2.05) is 0 Å². The maximum absolute atomic E-state index is 13.4. The minimum atomic E-state index is -4.67. The van der Waals surface area contributed by atoms with Crippen LogP contribution < -0.4 is 5.73 Å². The first-order chi connectivity index (χ1) is 6.88. The summed E-state index contributed by atoms with van der Waals surface area (Å²) in [7, 11) is 0. The Morgan fingerprint density at radius 2 is 1.88 bits per heavy atom. The van der Waals surface area contributed by atoms with E-state index in [0.717, 1.165) is 6.07 Å². The predicted molar refractivity (Wildman–Crippen MR) is 55.9 cm³/mol. The molecule has 0 aliphatic heterocycles. The average molecular weight is 258 g/mol. The maximum atomic E-state index is 13.4. The largest absolute Gasteiger partial charge is 0.419 e. The minimum Gasteiger partial charge on any atom is -0.324 e. The number of benzene rings is 1. The molecule has 1 atom stereocenters. The van der Waals surface area contributed by atoms with Crippen LogP contribution in [-0.2, 0) is 6.18 Å². The third-order valence-electron chi connectivity index (χ3n) is 2.17. The SMILES string of the molecule is CCC(N)c1cccc(C(F)(F)F)c1F.Cl. The zero-order valence-electron chi connectivity index (χ0n) is 8.51. The number of alkyl halides is 3. The zero-order valence-corrected chi connectivity index (χ0v) is 9.33. The fourth-order valence-electron chi connectivity index (χ4n) is 1.28. The van der Waals surface area contributed by atoms with E-state index in [1.165, 1.54) is 6.07 Å². The Bertz CT molecular complexity index is 351. The molecule has 0 aromatic heterocycles. The summed E-state index contributed by atoms with van der Waals surface area (Å²) in [5, 5.41) is 0. The van der Waals surface area contributed by atoms with Crippen molar-refractivity contribution in [3.8, 4) is 0 Å². The highest BCUT2D eigenvalue weighted by Crippen LogP contribution is 2.33. The molecule has 0 saturated heterocycles. The fourth-order valence-corrected chi connectivity index (χ4v) is 1.28. The molecule has 0 aliphatic rings. The van der Waals surface area contributed by atoms with E-state index < -0.39 is 23.6 Å². The first-order valence-electron chi connectivity index (χ1n) is 4.49. The van der Waals surface area contributed by atoms with Crippen molar-refractivity contribution < 1.29 is 17.6 Å². The van der Waals surface area contributed by atoms with Gasteiger partial charge in [-0.3, -0.25) is 0 Å². The number of halogens is 5. The van der Waals surface area contributed by atoms with Crippen LogP contribution in [0.3, 0.4) is 0 Å². The molecule has 1 rings (SSSR count). The van der Waals surface area contributed by atoms with Crippen LogP contribution in [0.5, 0.6) is 0 Å². The highest BCUT2D eigenvalue weighted by atomic mass is 35.5. The van der Waals surface area contributed by atoms with Gasteiger partial charge in [0.25, 0.3) is 0 Å². The number of hydrogen-bond acceptors (Lipinski definition) is 1. The first-order valence-corrected chi connectivity index (χ1v) is 4.49. The second kappa shape index (κ2) is 5.50. The zero-order chi connectivity index (χ0) is 11.6. The van der Waals surface area contributed by atoms with Gasteiger partial charge in [-0.2, -0.15) is 13.2 Å². The van der Waals surface area contributed by atoms with Crippen LogP contribution in [0.2, 0.25) is 0 Å². The van der Waals surface area contributed by atoms with Gasteiger partial charge in [-0.05, 0) is 12.5 Å². The van der Waals surface area contributed by atoms with E-state index in [0.29, 0.717) is 12.5 Å². The lowest BCUT2D eigenvalue weighted by Gasteiger charge is -2.14. The molecule has 1 nitrogen and oxygen atoms in total. The van der Waals surface area contributed by atoms with Crippen LogP contribution >= 0.6 is 12.4 Å². The molecule has 0 spiro atoms. The quantitative estimate of drug-likeness (QED) is 0.804. The standard InChI is InChI=1S/C10H11F4N.ClH/c1-2-8(15)6-4-3-5-7(9(6)11)10(12,13)14;/h3-5,8H,2,15H2,1H3;1H. The van der Waals surface area contributed by atoms with Crippen molar-refractivity contribution in [2.45, 2.75) is 25.6 Å². The molecular formula is C10H12ClF4N. The Hall–Kier alpha value is -0.810. The normalized spacial score (nSPS) is 13.1. The van der Waals surface area contributed by atoms with E-state index in [9.17, 15) is 17.6 Å². The summed E-state index contributed by atoms with van der Waals surface area (Å²) < 4.78 is 50.4. The molecule has 0 aliphatic carbocycles. The Kier molecular flexibility index (Phi) is 5.22. The Balaban J connectivity index is 0.00000225. The summed E-state index contributed by atoms with van der Waals surface area (Å²) in [5.74, 6) is -1.26. The summed E-state index contributed by atoms with van der Waals surface area (Å²) in [6, 6.07) is 2.45. The molecule has 0 amide bonds. The van der Waals surface area contributed by atoms with Gasteiger partial charge in [-0.15, -0.1) is 12.4 Å². The lowest BCUT2D eigenvalue weighted by atomic mass is 10.0. The third-order valence-corrected chi connectivity index (χ3v) is 2.17. The van der Waals surface area contributed by atoms with Crippen molar-refractivity contribution in [2.24, 2.45) is 5.73 Å². The van der Waals surface area contributed by atoms with Crippen molar-refractivity contribution in [2.75, 3.05) is 0 Å². The Morgan fingerprint density at radius 1 is 1.31 bits per heavy atom. The molecule has 0 fully saturated rings. The highest BCUT2D eigenvalue weighted by Gasteiger charge is 2.35. The van der Waals surface area contributed by atoms with E-state index in [2.05, 4.69) is 0 Å². The van der Waals surface area contributed by atoms with E-state index >= 15 is 0 Å². The predicted octanol–water partition coefficient (Wildman–Crippen LogP) is 3.68. The number of rotatable bonds is 2. The molecule has 0 radical (unpaired) electrons. The molecule has 1 unspecified atom stereocenters. The third kappa shape index (κ3) is 3.09. The molecule has 0 heterocycles. The molecule has 6 heteroatoms. The molecular weight excluding hydrogens is 246 g/mol. The van der Waals surface area contributed by atoms with Crippen LogP contribution in [0.4, 0.5) is 17.6 Å². The van der Waals surface area contributed by atoms with Gasteiger partial charge in [0.2, 0.25) is 0 Å². The van der Waals surface area contributed by atoms with E-state index in [4.69, 9.17) is 5.73 Å². The van der Waals surface area contributed by atoms with Gasteiger partial charge >= 0.3 is 6.18 Å². The molecule has 0 bridgehead atoms. The summed E-state index contributed by atoms with van der Waals surface area (Å²) >= 11 is 0. The molecule has 0 saturated carbocycles. The maximum Gasteiger partial charge on any atom is 0.419 e. The highest BCUT2D eigenvalue weighted by molar-refractivity contribution is 5.85. The van der Waals surface area contributed by atoms with Gasteiger partial charge in [-0.1, -0.05) is 19.1 Å². The average Bonchev–Trinajstić information content (AvgIpc) is 2.15. The smallest absolute Gasteiger partial charge is 0.324 e. The summed E-state index contributed by atoms with van der Waals surface area (Å²) in [4.78, 5) is 0. The topological polar surface area (TPSA) is 26.0 Å². The van der Waals surface area contributed by atoms with Crippen LogP contribution in [0, 0.1) is 5.82 Å². The van der Waals surface area contributed by atoms with Crippen LogP contribution in [0.1, 0.15) is 30.5 Å². The number of hydrogen-bond donors (Lipinski definition) is 1. The van der Waals surface area contributed by atoms with Crippen molar-refractivity contribution in [1.29, 1.82) is 0 Å². The van der Waals surface area contributed by atoms with Crippen molar-refractivity contribution in [1.82, 2.24) is 0 Å². The van der Waals surface area contributed by atoms with Crippen LogP contribution in [0.15, 0.2) is 18.2 Å². The number of nitrogens with two attached hydrogens (primary N) is 1. The minimum absolute atomic E-state index is 0. The fraction of sp³-hybridized carbons (Fsp3) is 0.400. The van der Waals surface area contributed by atoms with Gasteiger partial charge < -0.3 is 5.73 Å². The van der Waals surface area contributed by atoms with E-state index in [1.54, 1.807) is 6.92 Å². The van der Waals surface area contributed by atoms with Gasteiger partial charge in [0.1, 0.15) is 5.82 Å². The molecule has 1 aromatic carbocycles. The lowest BCUT2D eigenvalue weighted by Crippen LogP contribution is -2.15. The van der Waals surface area contributed by atoms with Gasteiger partial charge in [0, 0.05) is 11.6 Å². The Labute approximate surface area is 97.0 Å². The van der Waals surface area contributed by atoms with Crippen molar-refractivity contribution in [3.05, 3.63) is 35.1 Å². The van der Waals surface area contributed by atoms with Crippen LogP contribution in [0.25, 0.3) is 0 Å².